The van der Waals surface area contributed by atoms with Crippen molar-refractivity contribution in [1.82, 2.24) is 4.98 Å². The van der Waals surface area contributed by atoms with Gasteiger partial charge in [-0.05, 0) is 38.3 Å². The minimum Gasteiger partial charge on any atom is -0.464 e. The smallest absolute Gasteiger partial charge is 0.338 e. The zero-order valence-corrected chi connectivity index (χ0v) is 18.5. The summed E-state index contributed by atoms with van der Waals surface area (Å²) in [5.41, 5.74) is 1.10. The molecule has 2 rings (SSSR count). The van der Waals surface area contributed by atoms with Gasteiger partial charge in [0.2, 0.25) is 0 Å². The molecule has 1 aromatic heterocycles. The molecular formula is C21H30NO3PS. The molecule has 0 aliphatic rings. The van der Waals surface area contributed by atoms with Crippen LogP contribution in [0, 0.1) is 5.92 Å². The number of aromatic nitrogens is 1. The maximum atomic E-state index is 12.6. The highest BCUT2D eigenvalue weighted by Gasteiger charge is 2.40. The van der Waals surface area contributed by atoms with Gasteiger partial charge < -0.3 is 9.47 Å². The summed E-state index contributed by atoms with van der Waals surface area (Å²) in [5.74, 6) is 0.141. The van der Waals surface area contributed by atoms with Crippen LogP contribution >= 0.6 is 20.3 Å². The number of thioether (sulfide) groups is 1. The Kier molecular flexibility index (Phi) is 9.01. The number of carbonyl (C=O) groups is 1. The van der Waals surface area contributed by atoms with E-state index in [4.69, 9.17) is 14.5 Å². The molecule has 4 nitrogen and oxygen atoms in total. The third-order valence-corrected chi connectivity index (χ3v) is 6.85. The van der Waals surface area contributed by atoms with Gasteiger partial charge in [0.25, 0.3) is 0 Å². The minimum atomic E-state index is -0.825. The number of fused-ring (bicyclic) bond motifs is 1. The van der Waals surface area contributed by atoms with E-state index in [2.05, 4.69) is 32.0 Å². The second kappa shape index (κ2) is 11.0. The van der Waals surface area contributed by atoms with Crippen molar-refractivity contribution in [2.75, 3.05) is 24.9 Å². The zero-order chi connectivity index (χ0) is 19.7. The van der Waals surface area contributed by atoms with Gasteiger partial charge >= 0.3 is 5.97 Å². The lowest BCUT2D eigenvalue weighted by molar-refractivity contribution is -0.170. The number of pyridine rings is 1. The Bertz CT molecular complexity index is 740. The number of esters is 1. The van der Waals surface area contributed by atoms with Crippen LogP contribution in [0.4, 0.5) is 0 Å². The first-order valence-corrected chi connectivity index (χ1v) is 11.9. The van der Waals surface area contributed by atoms with Gasteiger partial charge in [-0.1, -0.05) is 38.1 Å². The fourth-order valence-corrected chi connectivity index (χ4v) is 5.63. The summed E-state index contributed by atoms with van der Waals surface area (Å²) in [5, 5.41) is 2.17. The molecule has 27 heavy (non-hydrogen) atoms. The predicted octanol–water partition coefficient (Wildman–Crippen LogP) is 5.35. The summed E-state index contributed by atoms with van der Waals surface area (Å²) < 4.78 is 11.3. The van der Waals surface area contributed by atoms with Crippen molar-refractivity contribution in [3.63, 3.8) is 0 Å². The molecular weight excluding hydrogens is 377 g/mol. The van der Waals surface area contributed by atoms with Crippen molar-refractivity contribution >= 4 is 37.2 Å². The maximum absolute atomic E-state index is 12.6. The second-order valence-electron chi connectivity index (χ2n) is 6.80. The van der Waals surface area contributed by atoms with Gasteiger partial charge in [-0.2, -0.15) is 0 Å². The van der Waals surface area contributed by atoms with Gasteiger partial charge in [0.15, 0.2) is 5.60 Å². The van der Waals surface area contributed by atoms with E-state index in [1.807, 2.05) is 32.0 Å². The fraction of sp³-hybridized carbons (Fsp3) is 0.524. The monoisotopic (exact) mass is 407 g/mol. The predicted molar refractivity (Wildman–Crippen MR) is 116 cm³/mol. The largest absolute Gasteiger partial charge is 0.464 e. The lowest BCUT2D eigenvalue weighted by Gasteiger charge is -2.32. The van der Waals surface area contributed by atoms with E-state index >= 15 is 0 Å². The Labute approximate surface area is 168 Å². The van der Waals surface area contributed by atoms with Gasteiger partial charge in [0.1, 0.15) is 0 Å². The molecule has 148 valence electrons. The van der Waals surface area contributed by atoms with Crippen LogP contribution < -0.4 is 0 Å². The number of carbonyl (C=O) groups excluding carboxylic acids is 1. The van der Waals surface area contributed by atoms with E-state index in [1.54, 1.807) is 11.8 Å². The first kappa shape index (κ1) is 22.1. The molecule has 0 N–H and O–H groups in total. The first-order chi connectivity index (χ1) is 13.0. The first-order valence-electron chi connectivity index (χ1n) is 9.51. The summed E-state index contributed by atoms with van der Waals surface area (Å²) in [4.78, 5) is 17.3. The Morgan fingerprint density at radius 2 is 1.96 bits per heavy atom. The van der Waals surface area contributed by atoms with E-state index in [0.717, 1.165) is 21.4 Å². The molecule has 0 radical (unpaired) electrons. The van der Waals surface area contributed by atoms with Crippen LogP contribution in [0.5, 0.6) is 0 Å². The third kappa shape index (κ3) is 6.44. The number of hydrogen-bond donors (Lipinski definition) is 0. The molecule has 0 saturated carbocycles. The molecule has 0 aliphatic carbocycles. The Morgan fingerprint density at radius 3 is 2.67 bits per heavy atom. The number of nitrogens with zero attached hydrogens (tertiary/aromatic N) is 1. The lowest BCUT2D eigenvalue weighted by atomic mass is 9.94. The molecule has 2 unspecified atom stereocenters. The number of ether oxygens (including phenoxy) is 2. The highest BCUT2D eigenvalue weighted by molar-refractivity contribution is 8.03. The van der Waals surface area contributed by atoms with Crippen LogP contribution in [-0.2, 0) is 14.3 Å². The standard InChI is InChI=1S/C21H30NO3PS/c1-5-24-20(23)21(25-6-2,13-16(3)4)14-26-15-27-19-12-11-17-9-7-8-10-18(17)22-19/h7-12,16,26H,5-6,13-15H2,1-4H3. The van der Waals surface area contributed by atoms with Gasteiger partial charge in [0, 0.05) is 23.6 Å². The van der Waals surface area contributed by atoms with Crippen molar-refractivity contribution in [2.24, 2.45) is 5.92 Å². The maximum Gasteiger partial charge on any atom is 0.338 e. The molecule has 0 aliphatic heterocycles. The highest BCUT2D eigenvalue weighted by atomic mass is 32.2. The van der Waals surface area contributed by atoms with Crippen molar-refractivity contribution in [3.05, 3.63) is 36.4 Å². The topological polar surface area (TPSA) is 48.4 Å². The third-order valence-electron chi connectivity index (χ3n) is 4.11. The second-order valence-corrected chi connectivity index (χ2v) is 9.52. The fourth-order valence-electron chi connectivity index (χ4n) is 3.10. The molecule has 0 amide bonds. The Hall–Kier alpha value is -1.16. The molecule has 2 atom stereocenters. The summed E-state index contributed by atoms with van der Waals surface area (Å²) in [7, 11) is 0.590. The molecule has 0 saturated heterocycles. The molecule has 1 heterocycles. The number of rotatable bonds is 11. The molecule has 0 spiro atoms. The average Bonchev–Trinajstić information content (AvgIpc) is 2.65. The minimum absolute atomic E-state index is 0.220. The van der Waals surface area contributed by atoms with Crippen LogP contribution in [0.1, 0.15) is 34.1 Å². The van der Waals surface area contributed by atoms with Crippen molar-refractivity contribution in [2.45, 2.75) is 44.7 Å². The molecule has 6 heteroatoms. The summed E-state index contributed by atoms with van der Waals surface area (Å²) in [6.07, 6.45) is 1.38. The van der Waals surface area contributed by atoms with Gasteiger partial charge in [-0.15, -0.1) is 20.3 Å². The summed E-state index contributed by atoms with van der Waals surface area (Å²) in [6.45, 7) is 8.90. The molecule has 1 aromatic carbocycles. The van der Waals surface area contributed by atoms with E-state index in [0.29, 0.717) is 40.3 Å². The van der Waals surface area contributed by atoms with Gasteiger partial charge in [0.05, 0.1) is 17.1 Å². The number of benzene rings is 1. The van der Waals surface area contributed by atoms with Crippen LogP contribution in [-0.4, -0.2) is 41.4 Å². The van der Waals surface area contributed by atoms with E-state index < -0.39 is 5.60 Å². The Balaban J connectivity index is 1.99. The SMILES string of the molecule is CCOC(=O)C(CPCSc1ccc2ccccc2n1)(CC(C)C)OCC. The Morgan fingerprint density at radius 1 is 1.19 bits per heavy atom. The van der Waals surface area contributed by atoms with E-state index in [-0.39, 0.29) is 5.97 Å². The van der Waals surface area contributed by atoms with Gasteiger partial charge in [-0.3, -0.25) is 0 Å². The van der Waals surface area contributed by atoms with Crippen molar-refractivity contribution < 1.29 is 14.3 Å². The van der Waals surface area contributed by atoms with Gasteiger partial charge in [-0.25, -0.2) is 9.78 Å². The normalized spacial score (nSPS) is 14.1. The van der Waals surface area contributed by atoms with Crippen molar-refractivity contribution in [3.8, 4) is 0 Å². The van der Waals surface area contributed by atoms with Crippen LogP contribution in [0.15, 0.2) is 41.4 Å². The highest BCUT2D eigenvalue weighted by Crippen LogP contribution is 2.34. The quantitative estimate of drug-likeness (QED) is 0.218. The number of para-hydroxylation sites is 1. The zero-order valence-electron chi connectivity index (χ0n) is 16.7. The molecule has 0 bridgehead atoms. The average molecular weight is 408 g/mol. The molecule has 2 aromatic rings. The van der Waals surface area contributed by atoms with Crippen LogP contribution in [0.3, 0.4) is 0 Å². The lowest BCUT2D eigenvalue weighted by Crippen LogP contribution is -2.46. The van der Waals surface area contributed by atoms with E-state index in [1.165, 1.54) is 0 Å². The number of hydrogen-bond acceptors (Lipinski definition) is 5. The van der Waals surface area contributed by atoms with Crippen LogP contribution in [0.2, 0.25) is 0 Å². The summed E-state index contributed by atoms with van der Waals surface area (Å²) >= 11 is 1.73. The molecule has 0 fully saturated rings. The summed E-state index contributed by atoms with van der Waals surface area (Å²) in [6, 6.07) is 12.3. The van der Waals surface area contributed by atoms with E-state index in [9.17, 15) is 4.79 Å². The van der Waals surface area contributed by atoms with Crippen molar-refractivity contribution in [1.29, 1.82) is 0 Å². The van der Waals surface area contributed by atoms with Crippen LogP contribution in [0.25, 0.3) is 10.9 Å².